The van der Waals surface area contributed by atoms with Gasteiger partial charge < -0.3 is 9.84 Å². The van der Waals surface area contributed by atoms with E-state index in [-0.39, 0.29) is 0 Å². The second kappa shape index (κ2) is 6.52. The van der Waals surface area contributed by atoms with Gasteiger partial charge in [-0.15, -0.1) is 0 Å². The molecule has 1 heterocycles. The highest BCUT2D eigenvalue weighted by atomic mass is 79.9. The van der Waals surface area contributed by atoms with Crippen LogP contribution in [-0.4, -0.2) is 23.2 Å². The van der Waals surface area contributed by atoms with Gasteiger partial charge in [-0.25, -0.2) is 0 Å². The molecule has 2 aromatic rings. The van der Waals surface area contributed by atoms with Crippen LogP contribution in [-0.2, 0) is 11.2 Å². The highest BCUT2D eigenvalue weighted by molar-refractivity contribution is 9.10. The quantitative estimate of drug-likeness (QED) is 0.910. The number of methoxy groups -OCH3 is 1. The Morgan fingerprint density at radius 3 is 2.65 bits per heavy atom. The van der Waals surface area contributed by atoms with Crippen molar-refractivity contribution in [1.82, 2.24) is 4.98 Å². The Kier molecular flexibility index (Phi) is 4.74. The van der Waals surface area contributed by atoms with Gasteiger partial charge in [0.05, 0.1) is 12.8 Å². The normalized spacial score (nSPS) is 11.9. The fraction of sp³-hybridized carbons (Fsp3) is 0.200. The first-order valence-corrected chi connectivity index (χ1v) is 6.87. The summed E-state index contributed by atoms with van der Waals surface area (Å²) in [5, 5.41) is 9.46. The molecular formula is C15H14BrNO3. The third-order valence-corrected chi connectivity index (χ3v) is 3.53. The van der Waals surface area contributed by atoms with E-state index in [2.05, 4.69) is 20.9 Å². The van der Waals surface area contributed by atoms with E-state index in [9.17, 15) is 9.90 Å². The average Bonchev–Trinajstić information content (AvgIpc) is 2.46. The number of pyridine rings is 1. The molecule has 104 valence electrons. The van der Waals surface area contributed by atoms with Crippen molar-refractivity contribution in [3.8, 4) is 5.75 Å². The molecule has 0 radical (unpaired) electrons. The van der Waals surface area contributed by atoms with Crippen LogP contribution in [0.2, 0.25) is 0 Å². The fourth-order valence-corrected chi connectivity index (χ4v) is 2.26. The Morgan fingerprint density at radius 2 is 2.05 bits per heavy atom. The Hall–Kier alpha value is -1.88. The van der Waals surface area contributed by atoms with E-state index in [4.69, 9.17) is 4.74 Å². The molecule has 0 aliphatic carbocycles. The molecular weight excluding hydrogens is 322 g/mol. The molecule has 20 heavy (non-hydrogen) atoms. The minimum atomic E-state index is -0.912. The van der Waals surface area contributed by atoms with Crippen LogP contribution >= 0.6 is 15.9 Å². The Bertz CT molecular complexity index is 598. The zero-order chi connectivity index (χ0) is 14.5. The number of aromatic nitrogens is 1. The molecule has 1 aromatic carbocycles. The van der Waals surface area contributed by atoms with Gasteiger partial charge >= 0.3 is 5.97 Å². The van der Waals surface area contributed by atoms with Crippen molar-refractivity contribution in [2.75, 3.05) is 7.11 Å². The van der Waals surface area contributed by atoms with Crippen molar-refractivity contribution in [1.29, 1.82) is 0 Å². The van der Waals surface area contributed by atoms with E-state index in [1.807, 2.05) is 24.3 Å². The number of carbonyl (C=O) groups is 1. The molecule has 1 aromatic heterocycles. The Balaban J connectivity index is 2.32. The molecule has 1 unspecified atom stereocenters. The lowest BCUT2D eigenvalue weighted by molar-refractivity contribution is -0.138. The number of halogens is 1. The number of aliphatic carboxylic acids is 1. The summed E-state index contributed by atoms with van der Waals surface area (Å²) in [5.41, 5.74) is 1.39. The van der Waals surface area contributed by atoms with Crippen LogP contribution in [0.3, 0.4) is 0 Å². The number of nitrogens with zero attached hydrogens (tertiary/aromatic N) is 1. The first kappa shape index (κ1) is 14.5. The van der Waals surface area contributed by atoms with Crippen LogP contribution in [0.4, 0.5) is 0 Å². The Labute approximate surface area is 125 Å². The minimum Gasteiger partial charge on any atom is -0.495 e. The van der Waals surface area contributed by atoms with Crippen LogP contribution in [0, 0.1) is 0 Å². The summed E-state index contributed by atoms with van der Waals surface area (Å²) < 4.78 is 6.16. The van der Waals surface area contributed by atoms with Gasteiger partial charge in [-0.1, -0.05) is 28.1 Å². The maximum Gasteiger partial charge on any atom is 0.313 e. The molecule has 0 amide bonds. The first-order chi connectivity index (χ1) is 9.61. The van der Waals surface area contributed by atoms with Crippen molar-refractivity contribution in [3.63, 3.8) is 0 Å². The second-order valence-corrected chi connectivity index (χ2v) is 5.23. The summed E-state index contributed by atoms with van der Waals surface area (Å²) >= 11 is 3.36. The number of carboxylic acids is 1. The maximum absolute atomic E-state index is 11.5. The molecule has 0 saturated heterocycles. The molecule has 2 rings (SSSR count). The summed E-state index contributed by atoms with van der Waals surface area (Å²) in [6.07, 6.45) is 1.95. The van der Waals surface area contributed by atoms with Crippen LogP contribution in [0.15, 0.2) is 47.1 Å². The van der Waals surface area contributed by atoms with Crippen molar-refractivity contribution >= 4 is 21.9 Å². The lowest BCUT2D eigenvalue weighted by atomic mass is 9.95. The van der Waals surface area contributed by atoms with Crippen LogP contribution in [0.5, 0.6) is 5.75 Å². The standard InChI is InChI=1S/C15H14BrNO3/c1-20-13-3-2-8-17-14(13)12(15(18)19)9-10-4-6-11(16)7-5-10/h2-8,12H,9H2,1H3,(H,18,19). The van der Waals surface area contributed by atoms with Gasteiger partial charge in [0.2, 0.25) is 0 Å². The van der Waals surface area contributed by atoms with Crippen LogP contribution in [0.1, 0.15) is 17.2 Å². The monoisotopic (exact) mass is 335 g/mol. The number of rotatable bonds is 5. The van der Waals surface area contributed by atoms with E-state index in [1.54, 1.807) is 18.3 Å². The zero-order valence-electron chi connectivity index (χ0n) is 10.9. The van der Waals surface area contributed by atoms with E-state index in [0.717, 1.165) is 10.0 Å². The molecule has 5 heteroatoms. The van der Waals surface area contributed by atoms with Gasteiger partial charge in [-0.2, -0.15) is 0 Å². The lowest BCUT2D eigenvalue weighted by Gasteiger charge is -2.15. The maximum atomic E-state index is 11.5. The number of hydrogen-bond acceptors (Lipinski definition) is 3. The van der Waals surface area contributed by atoms with Crippen LogP contribution < -0.4 is 4.74 Å². The van der Waals surface area contributed by atoms with Gasteiger partial charge in [0.25, 0.3) is 0 Å². The molecule has 0 spiro atoms. The molecule has 0 fully saturated rings. The van der Waals surface area contributed by atoms with Crippen molar-refractivity contribution in [2.45, 2.75) is 12.3 Å². The fourth-order valence-electron chi connectivity index (χ4n) is 1.99. The van der Waals surface area contributed by atoms with E-state index in [1.165, 1.54) is 7.11 Å². The smallest absolute Gasteiger partial charge is 0.313 e. The molecule has 0 aliphatic heterocycles. The minimum absolute atomic E-state index is 0.371. The molecule has 1 N–H and O–H groups in total. The molecule has 0 aliphatic rings. The molecule has 1 atom stereocenters. The summed E-state index contributed by atoms with van der Waals surface area (Å²) in [7, 11) is 1.51. The number of benzene rings is 1. The highest BCUT2D eigenvalue weighted by Crippen LogP contribution is 2.27. The van der Waals surface area contributed by atoms with Crippen molar-refractivity contribution < 1.29 is 14.6 Å². The van der Waals surface area contributed by atoms with E-state index < -0.39 is 11.9 Å². The van der Waals surface area contributed by atoms with Gasteiger partial charge in [0.1, 0.15) is 11.7 Å². The number of hydrogen-bond donors (Lipinski definition) is 1. The largest absolute Gasteiger partial charge is 0.495 e. The lowest BCUT2D eigenvalue weighted by Crippen LogP contribution is -2.16. The van der Waals surface area contributed by atoms with E-state index in [0.29, 0.717) is 17.9 Å². The van der Waals surface area contributed by atoms with Gasteiger partial charge in [0.15, 0.2) is 0 Å². The van der Waals surface area contributed by atoms with Crippen LogP contribution in [0.25, 0.3) is 0 Å². The third-order valence-electron chi connectivity index (χ3n) is 3.00. The van der Waals surface area contributed by atoms with Crippen molar-refractivity contribution in [3.05, 3.63) is 58.3 Å². The SMILES string of the molecule is COc1cccnc1C(Cc1ccc(Br)cc1)C(=O)O. The Morgan fingerprint density at radius 1 is 1.35 bits per heavy atom. The second-order valence-electron chi connectivity index (χ2n) is 4.31. The van der Waals surface area contributed by atoms with E-state index >= 15 is 0 Å². The zero-order valence-corrected chi connectivity index (χ0v) is 12.5. The van der Waals surface area contributed by atoms with Crippen molar-refractivity contribution in [2.24, 2.45) is 0 Å². The number of ether oxygens (including phenoxy) is 1. The van der Waals surface area contributed by atoms with Gasteiger partial charge in [-0.05, 0) is 36.2 Å². The first-order valence-electron chi connectivity index (χ1n) is 6.08. The number of carboxylic acid groups (broad SMARTS) is 1. The summed E-state index contributed by atoms with van der Waals surface area (Å²) in [5.74, 6) is -1.14. The summed E-state index contributed by atoms with van der Waals surface area (Å²) in [6.45, 7) is 0. The third kappa shape index (κ3) is 3.36. The predicted molar refractivity (Wildman–Crippen MR) is 79.0 cm³/mol. The van der Waals surface area contributed by atoms with Gasteiger partial charge in [-0.3, -0.25) is 9.78 Å². The topological polar surface area (TPSA) is 59.4 Å². The molecule has 0 saturated carbocycles. The predicted octanol–water partition coefficient (Wildman–Crippen LogP) is 3.26. The average molecular weight is 336 g/mol. The molecule has 4 nitrogen and oxygen atoms in total. The molecule has 0 bridgehead atoms. The highest BCUT2D eigenvalue weighted by Gasteiger charge is 2.25. The van der Waals surface area contributed by atoms with Gasteiger partial charge in [0, 0.05) is 10.7 Å². The summed E-state index contributed by atoms with van der Waals surface area (Å²) in [4.78, 5) is 15.7. The summed E-state index contributed by atoms with van der Waals surface area (Å²) in [6, 6.07) is 11.0.